The number of phenols is 1. The van der Waals surface area contributed by atoms with E-state index in [1.165, 1.54) is 0 Å². The number of aromatic nitrogens is 2. The van der Waals surface area contributed by atoms with Crippen LogP contribution in [0.25, 0.3) is 11.5 Å². The second-order valence-electron chi connectivity index (χ2n) is 5.04. The van der Waals surface area contributed by atoms with E-state index >= 15 is 0 Å². The van der Waals surface area contributed by atoms with E-state index in [0.717, 1.165) is 17.8 Å². The summed E-state index contributed by atoms with van der Waals surface area (Å²) in [5, 5.41) is 18.2. The van der Waals surface area contributed by atoms with Crippen LogP contribution >= 0.6 is 11.6 Å². The first kappa shape index (κ1) is 15.4. The Morgan fingerprint density at radius 1 is 1.04 bits per heavy atom. The Balaban J connectivity index is 1.77. The van der Waals surface area contributed by atoms with E-state index in [4.69, 9.17) is 16.0 Å². The second kappa shape index (κ2) is 6.71. The molecular formula is C17H16ClN3O2. The highest BCUT2D eigenvalue weighted by atomic mass is 35.5. The number of rotatable bonds is 5. The molecule has 23 heavy (non-hydrogen) atoms. The summed E-state index contributed by atoms with van der Waals surface area (Å²) in [7, 11) is 0. The van der Waals surface area contributed by atoms with Gasteiger partial charge < -0.3 is 14.4 Å². The highest BCUT2D eigenvalue weighted by Gasteiger charge is 2.12. The first-order valence-corrected chi connectivity index (χ1v) is 7.66. The molecule has 0 atom stereocenters. The lowest BCUT2D eigenvalue weighted by Gasteiger charge is -2.21. The Hall–Kier alpha value is -2.53. The largest absolute Gasteiger partial charge is 0.508 e. The van der Waals surface area contributed by atoms with Crippen molar-refractivity contribution in [1.82, 2.24) is 10.2 Å². The molecule has 6 heteroatoms. The van der Waals surface area contributed by atoms with E-state index in [2.05, 4.69) is 15.1 Å². The maximum atomic E-state index is 9.38. The van der Waals surface area contributed by atoms with Crippen LogP contribution < -0.4 is 4.90 Å². The fourth-order valence-electron chi connectivity index (χ4n) is 2.24. The zero-order valence-electron chi connectivity index (χ0n) is 12.6. The van der Waals surface area contributed by atoms with Crippen LogP contribution in [0.5, 0.6) is 5.75 Å². The standard InChI is InChI=1S/C17H16ClN3O2/c1-2-21(14-7-9-15(22)10-8-14)11-16-19-20-17(23-16)12-3-5-13(18)6-4-12/h3-10,22H,2,11H2,1H3. The monoisotopic (exact) mass is 329 g/mol. The average Bonchev–Trinajstić information content (AvgIpc) is 3.03. The van der Waals surface area contributed by atoms with Gasteiger partial charge in [0.15, 0.2) is 0 Å². The predicted molar refractivity (Wildman–Crippen MR) is 89.6 cm³/mol. The lowest BCUT2D eigenvalue weighted by Crippen LogP contribution is -2.22. The topological polar surface area (TPSA) is 62.4 Å². The van der Waals surface area contributed by atoms with Crippen molar-refractivity contribution in [1.29, 1.82) is 0 Å². The number of anilines is 1. The van der Waals surface area contributed by atoms with Crippen molar-refractivity contribution in [3.63, 3.8) is 0 Å². The highest BCUT2D eigenvalue weighted by molar-refractivity contribution is 6.30. The molecular weight excluding hydrogens is 314 g/mol. The maximum Gasteiger partial charge on any atom is 0.247 e. The van der Waals surface area contributed by atoms with Crippen LogP contribution in [0.15, 0.2) is 52.9 Å². The van der Waals surface area contributed by atoms with Gasteiger partial charge in [-0.25, -0.2) is 0 Å². The molecule has 1 N–H and O–H groups in total. The number of phenolic OH excluding ortho intramolecular Hbond substituents is 1. The van der Waals surface area contributed by atoms with Gasteiger partial charge in [-0.15, -0.1) is 10.2 Å². The zero-order chi connectivity index (χ0) is 16.2. The normalized spacial score (nSPS) is 10.7. The van der Waals surface area contributed by atoms with Gasteiger partial charge in [0.25, 0.3) is 0 Å². The van der Waals surface area contributed by atoms with E-state index in [1.54, 1.807) is 24.3 Å². The molecule has 1 aromatic heterocycles. The van der Waals surface area contributed by atoms with Crippen molar-refractivity contribution >= 4 is 17.3 Å². The third-order valence-corrected chi connectivity index (χ3v) is 3.73. The molecule has 0 saturated carbocycles. The van der Waals surface area contributed by atoms with Crippen LogP contribution in [0.2, 0.25) is 5.02 Å². The third kappa shape index (κ3) is 3.63. The number of benzene rings is 2. The fourth-order valence-corrected chi connectivity index (χ4v) is 2.36. The number of aromatic hydroxyl groups is 1. The lowest BCUT2D eigenvalue weighted by molar-refractivity contribution is 0.475. The van der Waals surface area contributed by atoms with E-state index in [9.17, 15) is 5.11 Å². The molecule has 0 radical (unpaired) electrons. The average molecular weight is 330 g/mol. The number of hydrogen-bond donors (Lipinski definition) is 1. The molecule has 3 rings (SSSR count). The van der Waals surface area contributed by atoms with Crippen LogP contribution in [-0.4, -0.2) is 21.8 Å². The first-order valence-electron chi connectivity index (χ1n) is 7.28. The molecule has 3 aromatic rings. The van der Waals surface area contributed by atoms with Crippen molar-refractivity contribution in [3.8, 4) is 17.2 Å². The second-order valence-corrected chi connectivity index (χ2v) is 5.47. The van der Waals surface area contributed by atoms with Gasteiger partial charge in [-0.1, -0.05) is 11.6 Å². The molecule has 0 aliphatic rings. The molecule has 0 amide bonds. The van der Waals surface area contributed by atoms with E-state index in [0.29, 0.717) is 23.3 Å². The van der Waals surface area contributed by atoms with Gasteiger partial charge in [0.2, 0.25) is 11.8 Å². The van der Waals surface area contributed by atoms with Crippen LogP contribution in [0.1, 0.15) is 12.8 Å². The Morgan fingerprint density at radius 3 is 2.39 bits per heavy atom. The Bertz CT molecular complexity index is 769. The van der Waals surface area contributed by atoms with Crippen molar-refractivity contribution in [2.45, 2.75) is 13.5 Å². The summed E-state index contributed by atoms with van der Waals surface area (Å²) < 4.78 is 5.73. The molecule has 0 spiro atoms. The van der Waals surface area contributed by atoms with Crippen LogP contribution in [0.3, 0.4) is 0 Å². The molecule has 0 unspecified atom stereocenters. The number of nitrogens with zero attached hydrogens (tertiary/aromatic N) is 3. The van der Waals surface area contributed by atoms with Gasteiger partial charge in [0.1, 0.15) is 5.75 Å². The Labute approximate surface area is 139 Å². The highest BCUT2D eigenvalue weighted by Crippen LogP contribution is 2.23. The number of hydrogen-bond acceptors (Lipinski definition) is 5. The van der Waals surface area contributed by atoms with Crippen molar-refractivity contribution in [2.75, 3.05) is 11.4 Å². The smallest absolute Gasteiger partial charge is 0.247 e. The van der Waals surface area contributed by atoms with E-state index in [-0.39, 0.29) is 5.75 Å². The van der Waals surface area contributed by atoms with Crippen LogP contribution in [-0.2, 0) is 6.54 Å². The van der Waals surface area contributed by atoms with Gasteiger partial charge in [0.05, 0.1) is 6.54 Å². The Kier molecular flexibility index (Phi) is 4.48. The fraction of sp³-hybridized carbons (Fsp3) is 0.176. The first-order chi connectivity index (χ1) is 11.2. The van der Waals surface area contributed by atoms with Gasteiger partial charge in [-0.2, -0.15) is 0 Å². The molecule has 0 aliphatic heterocycles. The summed E-state index contributed by atoms with van der Waals surface area (Å²) in [6.45, 7) is 3.33. The maximum absolute atomic E-state index is 9.38. The van der Waals surface area contributed by atoms with Crippen LogP contribution in [0.4, 0.5) is 5.69 Å². The minimum atomic E-state index is 0.243. The van der Waals surface area contributed by atoms with Gasteiger partial charge >= 0.3 is 0 Å². The Morgan fingerprint density at radius 2 is 1.74 bits per heavy atom. The minimum absolute atomic E-state index is 0.243. The van der Waals surface area contributed by atoms with Gasteiger partial charge in [-0.05, 0) is 55.5 Å². The summed E-state index contributed by atoms with van der Waals surface area (Å²) in [5.74, 6) is 1.25. The third-order valence-electron chi connectivity index (χ3n) is 3.48. The van der Waals surface area contributed by atoms with E-state index in [1.807, 2.05) is 31.2 Å². The minimum Gasteiger partial charge on any atom is -0.508 e. The molecule has 0 saturated heterocycles. The SMILES string of the molecule is CCN(Cc1nnc(-c2ccc(Cl)cc2)o1)c1ccc(O)cc1. The molecule has 0 aliphatic carbocycles. The molecule has 0 bridgehead atoms. The molecule has 1 heterocycles. The molecule has 2 aromatic carbocycles. The van der Waals surface area contributed by atoms with Crippen molar-refractivity contribution in [3.05, 3.63) is 59.4 Å². The summed E-state index contributed by atoms with van der Waals surface area (Å²) in [5.41, 5.74) is 1.82. The van der Waals surface area contributed by atoms with Crippen LogP contribution in [0, 0.1) is 0 Å². The zero-order valence-corrected chi connectivity index (χ0v) is 13.4. The molecule has 118 valence electrons. The summed E-state index contributed by atoms with van der Waals surface area (Å²) >= 11 is 5.88. The summed E-state index contributed by atoms with van der Waals surface area (Å²) in [4.78, 5) is 2.08. The summed E-state index contributed by atoms with van der Waals surface area (Å²) in [6.07, 6.45) is 0. The van der Waals surface area contributed by atoms with Crippen molar-refractivity contribution in [2.24, 2.45) is 0 Å². The lowest BCUT2D eigenvalue weighted by atomic mass is 10.2. The quantitative estimate of drug-likeness (QED) is 0.762. The molecule has 0 fully saturated rings. The van der Waals surface area contributed by atoms with Gasteiger partial charge in [0, 0.05) is 22.8 Å². The van der Waals surface area contributed by atoms with Crippen molar-refractivity contribution < 1.29 is 9.52 Å². The molecule has 5 nitrogen and oxygen atoms in total. The predicted octanol–water partition coefficient (Wildman–Crippen LogP) is 4.12. The number of halogens is 1. The van der Waals surface area contributed by atoms with E-state index < -0.39 is 0 Å². The summed E-state index contributed by atoms with van der Waals surface area (Å²) in [6, 6.07) is 14.3. The van der Waals surface area contributed by atoms with Gasteiger partial charge in [-0.3, -0.25) is 0 Å².